The van der Waals surface area contributed by atoms with Crippen molar-refractivity contribution in [2.24, 2.45) is 0 Å². The molecule has 3 heterocycles. The lowest BCUT2D eigenvalue weighted by atomic mass is 9.84. The van der Waals surface area contributed by atoms with Crippen molar-refractivity contribution < 1.29 is 74.9 Å². The van der Waals surface area contributed by atoms with Crippen molar-refractivity contribution in [2.75, 3.05) is 0 Å². The molecule has 24 rings (SSSR count). The van der Waals surface area contributed by atoms with Crippen LogP contribution in [0.2, 0.25) is 0 Å². The van der Waals surface area contributed by atoms with Crippen molar-refractivity contribution in [3.63, 3.8) is 0 Å². The highest BCUT2D eigenvalue weighted by Gasteiger charge is 2.24. The van der Waals surface area contributed by atoms with Crippen LogP contribution in [0.5, 0.6) is 0 Å². The van der Waals surface area contributed by atoms with E-state index in [9.17, 15) is 17.8 Å². The van der Waals surface area contributed by atoms with Gasteiger partial charge in [-0.3, -0.25) is 0 Å². The molecule has 21 aromatic carbocycles. The number of fused-ring (bicyclic) bond motifs is 18. The van der Waals surface area contributed by atoms with Crippen LogP contribution in [0.1, 0.15) is 61.7 Å². The molecule has 24 aromatic rings. The second kappa shape index (κ2) is 26.1. The minimum Gasteiger partial charge on any atom is -0.456 e. The topological polar surface area (TPSA) is 39.4 Å². The molecule has 0 aliphatic heterocycles. The molecule has 3 nitrogen and oxygen atoms in total. The van der Waals surface area contributed by atoms with E-state index in [1.165, 1.54) is 0 Å². The molecule has 3 heteroatoms. The van der Waals surface area contributed by atoms with E-state index in [0.29, 0.717) is 60.8 Å². The molecule has 0 radical (unpaired) electrons. The zero-order valence-corrected chi connectivity index (χ0v) is 56.8. The number of furan rings is 3. The second-order valence-corrected chi connectivity index (χ2v) is 25.6. The van der Waals surface area contributed by atoms with Gasteiger partial charge in [0, 0.05) is 32.3 Å². The molecule has 0 bridgehead atoms. The van der Waals surface area contributed by atoms with E-state index in [1.54, 1.807) is 103 Å². The molecule has 0 amide bonds. The van der Waals surface area contributed by atoms with Gasteiger partial charge in [0.05, 0.1) is 61.7 Å². The first-order valence-electron chi connectivity index (χ1n) is 56.9. The fraction of sp³-hybridized carbons (Fsp3) is 0. The zero-order valence-electron chi connectivity index (χ0n) is 102. The summed E-state index contributed by atoms with van der Waals surface area (Å²) < 4.78 is 416. The number of para-hydroxylation sites is 3. The average Bonchev–Trinajstić information content (AvgIpc) is 0.701. The molecule has 0 unspecified atom stereocenters. The van der Waals surface area contributed by atoms with Crippen LogP contribution in [0.4, 0.5) is 0 Å². The van der Waals surface area contributed by atoms with Gasteiger partial charge in [0.15, 0.2) is 0 Å². The standard InChI is InChI=1S/3C36H22O/c1-2-13-24-23(11-1)12-9-19-25(24)34-26-14-3-5-16-28(26)35(29-17-6-4-15-27(29)34)31-20-10-22-33-36(31)30-18-7-8-21-32(30)37-33;1-2-12-25-23(10-1)11-9-18-28(25)36-31-16-5-3-14-29(31)35(30-15-4-6-17-32(30)36)24-20-21-27-26-13-7-8-19-33(26)37-34(27)22-24;1-2-12-25-23(10-1)11-9-18-27(25)36-30-16-5-3-14-28(30)35(29-15-4-6-17-31(29)36)24-20-21-34-32(22-24)26-13-7-8-19-33(26)37-34/h3*1-22H/i1D,2D,3D,4D,5D,6D,9D,11D,12D,13D,14D,15D,16D,17D,19D;2*1D,2D,3D,4D,5D,6D,9D,10D,11D,12D,14D,15D,16D,17D,18D. The molecule has 0 fully saturated rings. The van der Waals surface area contributed by atoms with E-state index in [4.69, 9.17) is 57.1 Å². The normalized spacial score (nSPS) is 17.5. The van der Waals surface area contributed by atoms with Crippen LogP contribution < -0.4 is 0 Å². The maximum atomic E-state index is 9.29. The Kier molecular flexibility index (Phi) is 7.82. The highest BCUT2D eigenvalue weighted by Crippen LogP contribution is 2.51. The van der Waals surface area contributed by atoms with Crippen LogP contribution in [0.3, 0.4) is 0 Å². The first kappa shape index (κ1) is 33.2. The van der Waals surface area contributed by atoms with Crippen molar-refractivity contribution in [3.8, 4) is 66.8 Å². The fourth-order valence-electron chi connectivity index (χ4n) is 15.2. The lowest BCUT2D eigenvalue weighted by Crippen LogP contribution is -1.92. The molecule has 0 aliphatic rings. The fourth-order valence-corrected chi connectivity index (χ4v) is 15.2. The Hall–Kier alpha value is -14.6. The number of benzene rings is 21. The van der Waals surface area contributed by atoms with Crippen LogP contribution in [-0.2, 0) is 0 Å². The van der Waals surface area contributed by atoms with Crippen molar-refractivity contribution in [3.05, 3.63) is 399 Å². The molecule has 0 spiro atoms. The zero-order chi connectivity index (χ0) is 112. The molecule has 111 heavy (non-hydrogen) atoms. The van der Waals surface area contributed by atoms with Gasteiger partial charge >= 0.3 is 0 Å². The SMILES string of the molecule is [2H]c1c([2H])c([2H])c2c(-c3c4c([2H])c([2H])c([2H])c([2H])c4c(-c4ccc5c(c4)oc4ccccc45)c4c([2H])c([2H])c([2H])c([2H])c34)c([2H])c([2H])c([2H])c2c1[2H].[2H]c1c([2H])c([2H])c2c(-c3c4c([2H])c([2H])c([2H])c([2H])c4c(-c4ccc5oc6ccccc6c5c4)c4c([2H])c([2H])c([2H])c([2H])c34)c([2H])c([2H])c([2H])c2c1[2H].[2H]c1c([2H])c([2H])c2c(-c3c4c([2H])c([2H])c([2H])c([2H])c4c(-c4cccc5oc6ccccc6c45)c4c([2H])c([2H])c([2H])c([2H])c34)c([2H])c([2H])c([2H])c2c1[2H]. The molecular weight excluding hydrogens is 1350 g/mol. The molecule has 0 N–H and O–H groups in total. The van der Waals surface area contributed by atoms with Crippen LogP contribution in [-0.4, -0.2) is 0 Å². The second-order valence-electron chi connectivity index (χ2n) is 25.6. The molecule has 0 aliphatic carbocycles. The Bertz CT molecular complexity index is 10500. The Labute approximate surface area is 702 Å². The highest BCUT2D eigenvalue weighted by atomic mass is 16.3. The summed E-state index contributed by atoms with van der Waals surface area (Å²) in [7, 11) is 0. The van der Waals surface area contributed by atoms with Crippen molar-refractivity contribution in [1.82, 2.24) is 0 Å². The predicted octanol–water partition coefficient (Wildman–Crippen LogP) is 31.1. The first-order chi connectivity index (χ1) is 73.8. The number of hydrogen-bond donors (Lipinski definition) is 0. The third-order valence-electron chi connectivity index (χ3n) is 19.8. The molecule has 3 aromatic heterocycles. The van der Waals surface area contributed by atoms with Gasteiger partial charge < -0.3 is 13.3 Å². The molecule has 516 valence electrons. The summed E-state index contributed by atoms with van der Waals surface area (Å²) in [5.74, 6) is 0. The first-order valence-corrected chi connectivity index (χ1v) is 34.4. The Morgan fingerprint density at radius 1 is 0.162 bits per heavy atom. The maximum Gasteiger partial charge on any atom is 0.136 e. The van der Waals surface area contributed by atoms with Gasteiger partial charge in [0.1, 0.15) is 33.5 Å². The van der Waals surface area contributed by atoms with Gasteiger partial charge in [-0.1, -0.05) is 351 Å². The van der Waals surface area contributed by atoms with E-state index in [2.05, 4.69) is 0 Å². The average molecular weight is 1460 g/mol. The third-order valence-corrected chi connectivity index (χ3v) is 19.8. The summed E-state index contributed by atoms with van der Waals surface area (Å²) in [6, 6.07) is 6.13. The van der Waals surface area contributed by atoms with Crippen LogP contribution >= 0.6 is 0 Å². The lowest BCUT2D eigenvalue weighted by molar-refractivity contribution is 0.668. The summed E-state index contributed by atoms with van der Waals surface area (Å²) in [4.78, 5) is 0. The maximum absolute atomic E-state index is 9.29. The lowest BCUT2D eigenvalue weighted by Gasteiger charge is -2.19. The summed E-state index contributed by atoms with van der Waals surface area (Å²) >= 11 is 0. The largest absolute Gasteiger partial charge is 0.456 e. The summed E-state index contributed by atoms with van der Waals surface area (Å²) in [6.45, 7) is 0. The van der Waals surface area contributed by atoms with E-state index in [0.717, 1.165) is 16.2 Å². The van der Waals surface area contributed by atoms with Crippen molar-refractivity contribution in [2.45, 2.75) is 0 Å². The van der Waals surface area contributed by atoms with Gasteiger partial charge in [0.25, 0.3) is 0 Å². The van der Waals surface area contributed by atoms with Gasteiger partial charge in [0.2, 0.25) is 0 Å². The van der Waals surface area contributed by atoms with Gasteiger partial charge in [-0.15, -0.1) is 0 Å². The van der Waals surface area contributed by atoms with Crippen LogP contribution in [0, 0.1) is 0 Å². The van der Waals surface area contributed by atoms with E-state index < -0.39 is 321 Å². The number of rotatable bonds is 6. The summed E-state index contributed by atoms with van der Waals surface area (Å²) in [5, 5.41) is -1.41. The molecule has 0 saturated heterocycles. The molecular formula is C108H66O3. The third kappa shape index (κ3) is 10.4. The Morgan fingerprint density at radius 3 is 0.865 bits per heavy atom. The van der Waals surface area contributed by atoms with E-state index >= 15 is 0 Å². The van der Waals surface area contributed by atoms with Crippen LogP contribution in [0.25, 0.3) is 230 Å². The monoisotopic (exact) mass is 1460 g/mol. The number of hydrogen-bond acceptors (Lipinski definition) is 3. The molecule has 0 saturated carbocycles. The minimum atomic E-state index is -0.755. The van der Waals surface area contributed by atoms with E-state index in [1.807, 2.05) is 24.3 Å². The van der Waals surface area contributed by atoms with Gasteiger partial charge in [-0.25, -0.2) is 0 Å². The highest BCUT2D eigenvalue weighted by molar-refractivity contribution is 6.29. The Morgan fingerprint density at radius 2 is 0.441 bits per heavy atom. The predicted molar refractivity (Wildman–Crippen MR) is 471 cm³/mol. The van der Waals surface area contributed by atoms with Crippen LogP contribution in [0.15, 0.2) is 413 Å². The minimum absolute atomic E-state index is 0.0102. The van der Waals surface area contributed by atoms with Gasteiger partial charge in [-0.05, 0) is 212 Å². The van der Waals surface area contributed by atoms with Crippen molar-refractivity contribution >= 4 is 163 Å². The van der Waals surface area contributed by atoms with Crippen molar-refractivity contribution in [1.29, 1.82) is 0 Å². The van der Waals surface area contributed by atoms with E-state index in [-0.39, 0.29) is 104 Å². The smallest absolute Gasteiger partial charge is 0.136 e. The summed E-state index contributed by atoms with van der Waals surface area (Å²) in [6.07, 6.45) is 0. The summed E-state index contributed by atoms with van der Waals surface area (Å²) in [5.41, 5.74) is 1.54. The Balaban J connectivity index is 0.000000131. The molecule has 0 atom stereocenters. The van der Waals surface area contributed by atoms with Gasteiger partial charge in [-0.2, -0.15) is 0 Å². The quantitative estimate of drug-likeness (QED) is 0.156.